The van der Waals surface area contributed by atoms with Crippen LogP contribution in [-0.2, 0) is 19.4 Å². The molecule has 0 amide bonds. The van der Waals surface area contributed by atoms with Crippen LogP contribution in [0.1, 0.15) is 47.3 Å². The van der Waals surface area contributed by atoms with Gasteiger partial charge in [-0.25, -0.2) is 0 Å². The van der Waals surface area contributed by atoms with Crippen LogP contribution in [0, 0.1) is 0 Å². The van der Waals surface area contributed by atoms with Crippen molar-refractivity contribution in [3.63, 3.8) is 0 Å². The first kappa shape index (κ1) is 15.3. The second-order valence-corrected chi connectivity index (χ2v) is 5.17. The zero-order valence-electron chi connectivity index (χ0n) is 12.8. The molecular weight excluding hydrogens is 260 g/mol. The summed E-state index contributed by atoms with van der Waals surface area (Å²) in [6, 6.07) is 14.1. The minimum atomic E-state index is 0.490. The Morgan fingerprint density at radius 3 is 2.43 bits per heavy atom. The quantitative estimate of drug-likeness (QED) is 0.694. The van der Waals surface area contributed by atoms with E-state index in [1.54, 1.807) is 0 Å². The number of hydrogen-bond donors (Lipinski definition) is 0. The summed E-state index contributed by atoms with van der Waals surface area (Å²) >= 11 is 0. The van der Waals surface area contributed by atoms with Gasteiger partial charge in [0.25, 0.3) is 0 Å². The van der Waals surface area contributed by atoms with E-state index in [0.29, 0.717) is 12.2 Å². The van der Waals surface area contributed by atoms with Crippen LogP contribution in [0.3, 0.4) is 0 Å². The topological polar surface area (TPSA) is 26.3 Å². The molecule has 2 nitrogen and oxygen atoms in total. The van der Waals surface area contributed by atoms with Crippen LogP contribution < -0.4 is 4.74 Å². The zero-order valence-corrected chi connectivity index (χ0v) is 12.8. The van der Waals surface area contributed by atoms with E-state index in [4.69, 9.17) is 4.74 Å². The summed E-state index contributed by atoms with van der Waals surface area (Å²) in [5, 5.41) is 0. The second-order valence-electron chi connectivity index (χ2n) is 5.17. The second kappa shape index (κ2) is 7.63. The molecule has 0 aliphatic carbocycles. The number of aryl methyl sites for hydroxylation is 2. The van der Waals surface area contributed by atoms with Gasteiger partial charge in [0.2, 0.25) is 0 Å². The largest absolute Gasteiger partial charge is 0.488 e. The Balaban J connectivity index is 2.29. The van der Waals surface area contributed by atoms with Gasteiger partial charge in [0.1, 0.15) is 12.4 Å². The van der Waals surface area contributed by atoms with E-state index in [-0.39, 0.29) is 0 Å². The highest BCUT2D eigenvalue weighted by molar-refractivity contribution is 5.80. The van der Waals surface area contributed by atoms with Gasteiger partial charge in [-0.2, -0.15) is 0 Å². The van der Waals surface area contributed by atoms with E-state index in [1.807, 2.05) is 36.4 Å². The molecule has 0 saturated heterocycles. The molecule has 0 radical (unpaired) electrons. The van der Waals surface area contributed by atoms with Crippen molar-refractivity contribution in [3.05, 3.63) is 64.7 Å². The van der Waals surface area contributed by atoms with Crippen molar-refractivity contribution < 1.29 is 9.53 Å². The Labute approximate surface area is 126 Å². The van der Waals surface area contributed by atoms with Crippen LogP contribution in [0.15, 0.2) is 42.5 Å². The SMILES string of the molecule is CCCc1cc(CC)cc(C=O)c1OCc1ccccc1. The van der Waals surface area contributed by atoms with Crippen LogP contribution in [0.5, 0.6) is 5.75 Å². The molecule has 0 spiro atoms. The Kier molecular flexibility index (Phi) is 5.56. The molecule has 0 fully saturated rings. The molecule has 2 aromatic rings. The average molecular weight is 282 g/mol. The maximum absolute atomic E-state index is 11.4. The zero-order chi connectivity index (χ0) is 15.1. The number of benzene rings is 2. The Morgan fingerprint density at radius 1 is 1.05 bits per heavy atom. The molecule has 0 heterocycles. The lowest BCUT2D eigenvalue weighted by atomic mass is 10.00. The summed E-state index contributed by atoms with van der Waals surface area (Å²) < 4.78 is 5.97. The summed E-state index contributed by atoms with van der Waals surface area (Å²) in [5.74, 6) is 0.743. The molecule has 0 aromatic heterocycles. The highest BCUT2D eigenvalue weighted by Crippen LogP contribution is 2.27. The normalized spacial score (nSPS) is 10.4. The molecular formula is C19H22O2. The number of ether oxygens (including phenoxy) is 1. The first-order chi connectivity index (χ1) is 10.3. The van der Waals surface area contributed by atoms with Crippen molar-refractivity contribution in [1.29, 1.82) is 0 Å². The predicted octanol–water partition coefficient (Wildman–Crippen LogP) is 4.59. The molecule has 0 saturated carbocycles. The van der Waals surface area contributed by atoms with Crippen molar-refractivity contribution in [2.24, 2.45) is 0 Å². The van der Waals surface area contributed by atoms with E-state index in [0.717, 1.165) is 42.4 Å². The molecule has 0 atom stereocenters. The van der Waals surface area contributed by atoms with Crippen LogP contribution in [-0.4, -0.2) is 6.29 Å². The third kappa shape index (κ3) is 3.94. The van der Waals surface area contributed by atoms with E-state index < -0.39 is 0 Å². The molecule has 0 bridgehead atoms. The summed E-state index contributed by atoms with van der Waals surface area (Å²) in [5.41, 5.74) is 4.09. The maximum atomic E-state index is 11.4. The molecule has 21 heavy (non-hydrogen) atoms. The monoisotopic (exact) mass is 282 g/mol. The molecule has 110 valence electrons. The highest BCUT2D eigenvalue weighted by Gasteiger charge is 2.11. The number of carbonyl (C=O) groups excluding carboxylic acids is 1. The minimum absolute atomic E-state index is 0.490. The molecule has 0 N–H and O–H groups in total. The van der Waals surface area contributed by atoms with E-state index in [9.17, 15) is 4.79 Å². The summed E-state index contributed by atoms with van der Waals surface area (Å²) in [7, 11) is 0. The van der Waals surface area contributed by atoms with Gasteiger partial charge in [-0.05, 0) is 35.6 Å². The smallest absolute Gasteiger partial charge is 0.153 e. The van der Waals surface area contributed by atoms with Crippen LogP contribution in [0.4, 0.5) is 0 Å². The molecule has 2 aromatic carbocycles. The van der Waals surface area contributed by atoms with Gasteiger partial charge < -0.3 is 4.74 Å². The van der Waals surface area contributed by atoms with Crippen LogP contribution in [0.25, 0.3) is 0 Å². The standard InChI is InChI=1S/C19H22O2/c1-3-8-17-11-15(4-2)12-18(13-20)19(17)21-14-16-9-6-5-7-10-16/h5-7,9-13H,3-4,8,14H2,1-2H3. The molecule has 0 unspecified atom stereocenters. The fraction of sp³-hybridized carbons (Fsp3) is 0.316. The van der Waals surface area contributed by atoms with Crippen LogP contribution in [0.2, 0.25) is 0 Å². The van der Waals surface area contributed by atoms with Gasteiger partial charge >= 0.3 is 0 Å². The first-order valence-electron chi connectivity index (χ1n) is 7.56. The highest BCUT2D eigenvalue weighted by atomic mass is 16.5. The average Bonchev–Trinajstić information content (AvgIpc) is 2.54. The summed E-state index contributed by atoms with van der Waals surface area (Å²) in [6.45, 7) is 4.73. The summed E-state index contributed by atoms with van der Waals surface area (Å²) in [4.78, 5) is 11.4. The molecule has 0 aliphatic heterocycles. The number of carbonyl (C=O) groups is 1. The van der Waals surface area contributed by atoms with Crippen molar-refractivity contribution in [3.8, 4) is 5.75 Å². The lowest BCUT2D eigenvalue weighted by Crippen LogP contribution is -2.03. The van der Waals surface area contributed by atoms with Crippen molar-refractivity contribution >= 4 is 6.29 Å². The van der Waals surface area contributed by atoms with Gasteiger partial charge in [-0.1, -0.05) is 56.7 Å². The van der Waals surface area contributed by atoms with Gasteiger partial charge in [0.05, 0.1) is 5.56 Å². The molecule has 2 heteroatoms. The Morgan fingerprint density at radius 2 is 1.81 bits per heavy atom. The van der Waals surface area contributed by atoms with Crippen LogP contribution >= 0.6 is 0 Å². The minimum Gasteiger partial charge on any atom is -0.488 e. The van der Waals surface area contributed by atoms with Crippen molar-refractivity contribution in [1.82, 2.24) is 0 Å². The lowest BCUT2D eigenvalue weighted by Gasteiger charge is -2.15. The van der Waals surface area contributed by atoms with Gasteiger partial charge in [-0.15, -0.1) is 0 Å². The van der Waals surface area contributed by atoms with Gasteiger partial charge in [0.15, 0.2) is 6.29 Å². The van der Waals surface area contributed by atoms with Crippen molar-refractivity contribution in [2.45, 2.75) is 39.7 Å². The lowest BCUT2D eigenvalue weighted by molar-refractivity contribution is 0.111. The van der Waals surface area contributed by atoms with Gasteiger partial charge in [-0.3, -0.25) is 4.79 Å². The van der Waals surface area contributed by atoms with E-state index >= 15 is 0 Å². The Bertz CT molecular complexity index is 588. The number of aldehydes is 1. The first-order valence-corrected chi connectivity index (χ1v) is 7.56. The third-order valence-corrected chi connectivity index (χ3v) is 3.53. The third-order valence-electron chi connectivity index (χ3n) is 3.53. The van der Waals surface area contributed by atoms with E-state index in [1.165, 1.54) is 5.56 Å². The van der Waals surface area contributed by atoms with E-state index in [2.05, 4.69) is 19.9 Å². The van der Waals surface area contributed by atoms with Gasteiger partial charge in [0, 0.05) is 0 Å². The number of hydrogen-bond acceptors (Lipinski definition) is 2. The fourth-order valence-electron chi connectivity index (χ4n) is 2.43. The molecule has 0 aliphatic rings. The maximum Gasteiger partial charge on any atom is 0.153 e. The molecule has 2 rings (SSSR count). The van der Waals surface area contributed by atoms with Crippen molar-refractivity contribution in [2.75, 3.05) is 0 Å². The number of rotatable bonds is 7. The Hall–Kier alpha value is -2.09. The summed E-state index contributed by atoms with van der Waals surface area (Å²) in [6.07, 6.45) is 3.79. The fourth-order valence-corrected chi connectivity index (χ4v) is 2.43. The predicted molar refractivity (Wildman–Crippen MR) is 86.0 cm³/mol.